The van der Waals surface area contributed by atoms with E-state index in [2.05, 4.69) is 34.9 Å². The van der Waals surface area contributed by atoms with Crippen molar-refractivity contribution in [2.45, 2.75) is 17.9 Å². The molecular weight excluding hydrogens is 415 g/mol. The van der Waals surface area contributed by atoms with Gasteiger partial charge in [0.1, 0.15) is 12.4 Å². The number of amides is 1. The van der Waals surface area contributed by atoms with E-state index in [4.69, 9.17) is 4.74 Å². The molecule has 3 aromatic carbocycles. The summed E-state index contributed by atoms with van der Waals surface area (Å²) in [5.41, 5.74) is 5.37. The van der Waals surface area contributed by atoms with Crippen LogP contribution >= 0.6 is 12.4 Å². The summed E-state index contributed by atoms with van der Waals surface area (Å²) in [6.45, 7) is 1.48. The summed E-state index contributed by atoms with van der Waals surface area (Å²) in [7, 11) is 0. The Labute approximate surface area is 187 Å². The molecule has 2 aliphatic rings. The second-order valence-corrected chi connectivity index (χ2v) is 7.86. The van der Waals surface area contributed by atoms with Gasteiger partial charge < -0.3 is 15.4 Å². The Kier molecular flexibility index (Phi) is 6.25. The van der Waals surface area contributed by atoms with Gasteiger partial charge >= 0.3 is 6.09 Å². The third kappa shape index (κ3) is 4.03. The minimum absolute atomic E-state index is 0. The Morgan fingerprint density at radius 3 is 2.13 bits per heavy atom. The number of hydrogen-bond acceptors (Lipinski definition) is 3. The summed E-state index contributed by atoms with van der Waals surface area (Å²) in [6.07, 6.45) is -0.466. The van der Waals surface area contributed by atoms with E-state index in [-0.39, 0.29) is 42.7 Å². The molecule has 1 fully saturated rings. The summed E-state index contributed by atoms with van der Waals surface area (Å²) >= 11 is 0. The molecule has 0 aromatic heterocycles. The molecule has 1 amide bonds. The lowest BCUT2D eigenvalue weighted by Crippen LogP contribution is -2.40. The van der Waals surface area contributed by atoms with Crippen LogP contribution in [0.4, 0.5) is 9.18 Å². The fourth-order valence-corrected chi connectivity index (χ4v) is 4.72. The predicted molar refractivity (Wildman–Crippen MR) is 121 cm³/mol. The predicted octanol–water partition coefficient (Wildman–Crippen LogP) is 4.84. The zero-order chi connectivity index (χ0) is 20.5. The number of benzene rings is 3. The maximum Gasteiger partial charge on any atom is 0.407 e. The molecule has 1 saturated heterocycles. The van der Waals surface area contributed by atoms with Gasteiger partial charge in [0.15, 0.2) is 0 Å². The Morgan fingerprint density at radius 2 is 1.48 bits per heavy atom. The largest absolute Gasteiger partial charge is 0.449 e. The average Bonchev–Trinajstić information content (AvgIpc) is 3.35. The third-order valence-corrected chi connectivity index (χ3v) is 6.17. The second-order valence-electron chi connectivity index (χ2n) is 7.86. The van der Waals surface area contributed by atoms with Gasteiger partial charge in [-0.3, -0.25) is 0 Å². The summed E-state index contributed by atoms with van der Waals surface area (Å²) in [5.74, 6) is -0.343. The highest BCUT2D eigenvalue weighted by Crippen LogP contribution is 2.44. The van der Waals surface area contributed by atoms with E-state index in [0.29, 0.717) is 18.7 Å². The van der Waals surface area contributed by atoms with E-state index < -0.39 is 6.09 Å². The second kappa shape index (κ2) is 9.08. The van der Waals surface area contributed by atoms with E-state index in [1.165, 1.54) is 28.3 Å². The number of nitrogens with one attached hydrogen (secondary N) is 2. The molecular formula is C25H24ClFN2O2. The quantitative estimate of drug-likeness (QED) is 0.612. The van der Waals surface area contributed by atoms with Gasteiger partial charge in [-0.25, -0.2) is 9.18 Å². The van der Waals surface area contributed by atoms with Gasteiger partial charge in [-0.1, -0.05) is 66.7 Å². The number of alkyl carbamates (subject to hydrolysis) is 1. The molecule has 0 spiro atoms. The van der Waals surface area contributed by atoms with Gasteiger partial charge in [-0.2, -0.15) is 0 Å². The molecule has 2 N–H and O–H groups in total. The van der Waals surface area contributed by atoms with Crippen molar-refractivity contribution in [1.82, 2.24) is 10.6 Å². The summed E-state index contributed by atoms with van der Waals surface area (Å²) in [6, 6.07) is 23.0. The van der Waals surface area contributed by atoms with Crippen molar-refractivity contribution in [3.63, 3.8) is 0 Å². The molecule has 0 radical (unpaired) electrons. The van der Waals surface area contributed by atoms with E-state index in [1.807, 2.05) is 30.3 Å². The SMILES string of the molecule is Cl.O=C(N[C@H]1CNC[C@@H]1c1ccccc1F)OCC1c2ccccc2-c2ccccc21. The van der Waals surface area contributed by atoms with Crippen LogP contribution in [0.1, 0.15) is 28.5 Å². The number of halogens is 2. The minimum atomic E-state index is -0.466. The van der Waals surface area contributed by atoms with Crippen molar-refractivity contribution >= 4 is 18.5 Å². The zero-order valence-electron chi connectivity index (χ0n) is 16.9. The first-order chi connectivity index (χ1) is 14.7. The third-order valence-electron chi connectivity index (χ3n) is 6.17. The van der Waals surface area contributed by atoms with Crippen LogP contribution in [-0.4, -0.2) is 31.8 Å². The highest BCUT2D eigenvalue weighted by Gasteiger charge is 2.33. The van der Waals surface area contributed by atoms with Crippen LogP contribution in [0.25, 0.3) is 11.1 Å². The standard InChI is InChI=1S/C25H23FN2O2.ClH/c26-23-12-6-5-11-20(23)21-13-27-14-24(21)28-25(29)30-15-22-18-9-3-1-7-16(18)17-8-2-4-10-19(17)22;/h1-12,21-22,24,27H,13-15H2,(H,28,29);1H/t21-,24+;/m1./s1. The number of rotatable bonds is 4. The van der Waals surface area contributed by atoms with Crippen LogP contribution in [0, 0.1) is 5.82 Å². The molecule has 0 bridgehead atoms. The van der Waals surface area contributed by atoms with E-state index in [0.717, 1.165) is 0 Å². The summed E-state index contributed by atoms with van der Waals surface area (Å²) in [4.78, 5) is 12.6. The van der Waals surface area contributed by atoms with Gasteiger partial charge in [0.25, 0.3) is 0 Å². The monoisotopic (exact) mass is 438 g/mol. The summed E-state index contributed by atoms with van der Waals surface area (Å²) < 4.78 is 19.9. The van der Waals surface area contributed by atoms with Crippen molar-refractivity contribution in [1.29, 1.82) is 0 Å². The molecule has 31 heavy (non-hydrogen) atoms. The first-order valence-corrected chi connectivity index (χ1v) is 10.3. The molecule has 2 atom stereocenters. The lowest BCUT2D eigenvalue weighted by Gasteiger charge is -2.21. The molecule has 3 aromatic rings. The Bertz CT molecular complexity index is 1040. The molecule has 0 saturated carbocycles. The van der Waals surface area contributed by atoms with Crippen LogP contribution < -0.4 is 10.6 Å². The fraction of sp³-hybridized carbons (Fsp3) is 0.240. The van der Waals surface area contributed by atoms with Gasteiger partial charge in [-0.05, 0) is 33.9 Å². The molecule has 1 aliphatic carbocycles. The van der Waals surface area contributed by atoms with Crippen molar-refractivity contribution in [3.8, 4) is 11.1 Å². The zero-order valence-corrected chi connectivity index (χ0v) is 17.7. The Balaban J connectivity index is 0.00000231. The van der Waals surface area contributed by atoms with Crippen LogP contribution in [0.15, 0.2) is 72.8 Å². The molecule has 0 unspecified atom stereocenters. The highest BCUT2D eigenvalue weighted by molar-refractivity contribution is 5.85. The van der Waals surface area contributed by atoms with Crippen molar-refractivity contribution in [2.24, 2.45) is 0 Å². The van der Waals surface area contributed by atoms with Gasteiger partial charge in [-0.15, -0.1) is 12.4 Å². The first kappa shape index (κ1) is 21.3. The van der Waals surface area contributed by atoms with Gasteiger partial charge in [0.05, 0.1) is 6.04 Å². The van der Waals surface area contributed by atoms with E-state index >= 15 is 0 Å². The van der Waals surface area contributed by atoms with Crippen molar-refractivity contribution in [3.05, 3.63) is 95.3 Å². The molecule has 160 valence electrons. The normalized spacial score (nSPS) is 19.3. The number of hydrogen-bond donors (Lipinski definition) is 2. The summed E-state index contributed by atoms with van der Waals surface area (Å²) in [5, 5.41) is 6.18. The Hall–Kier alpha value is -2.89. The molecule has 1 heterocycles. The number of ether oxygens (including phenoxy) is 1. The van der Waals surface area contributed by atoms with Crippen LogP contribution in [-0.2, 0) is 4.74 Å². The maximum atomic E-state index is 14.2. The van der Waals surface area contributed by atoms with Gasteiger partial charge in [0.2, 0.25) is 0 Å². The topological polar surface area (TPSA) is 50.4 Å². The molecule has 1 aliphatic heterocycles. The lowest BCUT2D eigenvalue weighted by atomic mass is 9.94. The van der Waals surface area contributed by atoms with E-state index in [1.54, 1.807) is 12.1 Å². The molecule has 6 heteroatoms. The first-order valence-electron chi connectivity index (χ1n) is 10.3. The molecule has 4 nitrogen and oxygen atoms in total. The smallest absolute Gasteiger partial charge is 0.407 e. The highest BCUT2D eigenvalue weighted by atomic mass is 35.5. The average molecular weight is 439 g/mol. The Morgan fingerprint density at radius 1 is 0.903 bits per heavy atom. The minimum Gasteiger partial charge on any atom is -0.449 e. The number of carbonyl (C=O) groups is 1. The fourth-order valence-electron chi connectivity index (χ4n) is 4.72. The number of fused-ring (bicyclic) bond motifs is 3. The van der Waals surface area contributed by atoms with Crippen molar-refractivity contribution in [2.75, 3.05) is 19.7 Å². The lowest BCUT2D eigenvalue weighted by molar-refractivity contribution is 0.139. The van der Waals surface area contributed by atoms with Crippen LogP contribution in [0.3, 0.4) is 0 Å². The maximum absolute atomic E-state index is 14.2. The van der Waals surface area contributed by atoms with Crippen LogP contribution in [0.5, 0.6) is 0 Å². The van der Waals surface area contributed by atoms with E-state index in [9.17, 15) is 9.18 Å². The van der Waals surface area contributed by atoms with Gasteiger partial charge in [0, 0.05) is 24.9 Å². The number of carbonyl (C=O) groups excluding carboxylic acids is 1. The van der Waals surface area contributed by atoms with Crippen molar-refractivity contribution < 1.29 is 13.9 Å². The molecule has 5 rings (SSSR count). The van der Waals surface area contributed by atoms with Crippen LogP contribution in [0.2, 0.25) is 0 Å².